The van der Waals surface area contributed by atoms with E-state index < -0.39 is 13.8 Å². The molecule has 0 aliphatic carbocycles. The van der Waals surface area contributed by atoms with E-state index in [9.17, 15) is 9.36 Å². The minimum Gasteiger partial charge on any atom is -0.466 e. The predicted molar refractivity (Wildman–Crippen MR) is 62.3 cm³/mol. The fourth-order valence-corrected chi connectivity index (χ4v) is 2.16. The van der Waals surface area contributed by atoms with Crippen molar-refractivity contribution >= 4 is 13.8 Å². The third kappa shape index (κ3) is 7.15. The Morgan fingerprint density at radius 1 is 1.12 bits per heavy atom. The van der Waals surface area contributed by atoms with Crippen LogP contribution in [0.5, 0.6) is 0 Å². The van der Waals surface area contributed by atoms with E-state index in [2.05, 4.69) is 6.58 Å². The van der Waals surface area contributed by atoms with Crippen molar-refractivity contribution in [1.29, 1.82) is 0 Å². The number of esters is 1. The molecule has 17 heavy (non-hydrogen) atoms. The van der Waals surface area contributed by atoms with Gasteiger partial charge in [0.05, 0.1) is 19.8 Å². The van der Waals surface area contributed by atoms with Gasteiger partial charge in [-0.3, -0.25) is 13.8 Å². The van der Waals surface area contributed by atoms with Gasteiger partial charge < -0.3 is 9.26 Å². The number of carbonyl (C=O) groups is 1. The van der Waals surface area contributed by atoms with Gasteiger partial charge in [0.2, 0.25) is 0 Å². The van der Waals surface area contributed by atoms with E-state index in [1.165, 1.54) is 0 Å². The minimum absolute atomic E-state index is 0.00585. The van der Waals surface area contributed by atoms with Crippen LogP contribution in [0.3, 0.4) is 0 Å². The van der Waals surface area contributed by atoms with Gasteiger partial charge in [0.15, 0.2) is 0 Å². The molecule has 0 spiro atoms. The largest absolute Gasteiger partial charge is 0.529 e. The summed E-state index contributed by atoms with van der Waals surface area (Å²) in [6.45, 7) is 9.08. The number of carbonyl (C=O) groups excluding carboxylic acids is 1. The molecule has 0 atom stereocenters. The third-order valence-corrected chi connectivity index (χ3v) is 3.09. The molecule has 0 radical (unpaired) electrons. The highest BCUT2D eigenvalue weighted by Gasteiger charge is 2.28. The second-order valence-corrected chi connectivity index (χ2v) is 4.49. The molecule has 0 fully saturated rings. The van der Waals surface area contributed by atoms with Crippen LogP contribution in [0.25, 0.3) is 0 Å². The SMILES string of the molecule is C=C(CC(=O)OCC)OP(=O)(OCC)OCC. The number of ether oxygens (including phenoxy) is 1. The van der Waals surface area contributed by atoms with E-state index >= 15 is 0 Å². The zero-order valence-electron chi connectivity index (χ0n) is 10.4. The van der Waals surface area contributed by atoms with Crippen LogP contribution in [-0.2, 0) is 27.7 Å². The van der Waals surface area contributed by atoms with Crippen molar-refractivity contribution in [2.45, 2.75) is 27.2 Å². The Hall–Kier alpha value is -0.840. The second-order valence-electron chi connectivity index (χ2n) is 2.89. The smallest absolute Gasteiger partial charge is 0.466 e. The standard InChI is InChI=1S/C10H19O6P/c1-5-13-10(11)8-9(4)16-17(12,14-6-2)15-7-3/h4-8H2,1-3H3. The van der Waals surface area contributed by atoms with Gasteiger partial charge in [-0.05, 0) is 20.8 Å². The van der Waals surface area contributed by atoms with Gasteiger partial charge in [-0.1, -0.05) is 6.58 Å². The van der Waals surface area contributed by atoms with Crippen LogP contribution in [0.4, 0.5) is 0 Å². The summed E-state index contributed by atoms with van der Waals surface area (Å²) in [6.07, 6.45) is -0.183. The first-order chi connectivity index (χ1) is 7.97. The normalized spacial score (nSPS) is 11.0. The molecule has 0 aliphatic heterocycles. The maximum absolute atomic E-state index is 11.9. The topological polar surface area (TPSA) is 71.1 Å². The summed E-state index contributed by atoms with van der Waals surface area (Å²) in [6, 6.07) is 0. The van der Waals surface area contributed by atoms with E-state index in [0.29, 0.717) is 0 Å². The summed E-state index contributed by atoms with van der Waals surface area (Å²) in [5.41, 5.74) is 0. The van der Waals surface area contributed by atoms with Gasteiger partial charge in [0.1, 0.15) is 12.2 Å². The Balaban J connectivity index is 4.31. The molecule has 0 aromatic heterocycles. The van der Waals surface area contributed by atoms with E-state index in [1.807, 2.05) is 0 Å². The fourth-order valence-electron chi connectivity index (χ4n) is 0.970. The van der Waals surface area contributed by atoms with Crippen LogP contribution in [0.2, 0.25) is 0 Å². The maximum atomic E-state index is 11.9. The molecule has 0 unspecified atom stereocenters. The number of hydrogen-bond donors (Lipinski definition) is 0. The highest BCUT2D eigenvalue weighted by molar-refractivity contribution is 7.48. The molecule has 0 rings (SSSR count). The van der Waals surface area contributed by atoms with Gasteiger partial charge in [-0.25, -0.2) is 4.57 Å². The molecule has 0 amide bonds. The van der Waals surface area contributed by atoms with E-state index in [4.69, 9.17) is 18.3 Å². The third-order valence-electron chi connectivity index (χ3n) is 1.46. The highest BCUT2D eigenvalue weighted by Crippen LogP contribution is 2.51. The van der Waals surface area contributed by atoms with Crippen LogP contribution < -0.4 is 0 Å². The summed E-state index contributed by atoms with van der Waals surface area (Å²) in [7, 11) is -3.66. The van der Waals surface area contributed by atoms with Gasteiger partial charge in [-0.2, -0.15) is 0 Å². The molecule has 0 aromatic rings. The molecule has 0 heterocycles. The fraction of sp³-hybridized carbons (Fsp3) is 0.700. The Morgan fingerprint density at radius 2 is 1.65 bits per heavy atom. The molecular formula is C10H19O6P. The lowest BCUT2D eigenvalue weighted by molar-refractivity contribution is -0.142. The van der Waals surface area contributed by atoms with Crippen molar-refractivity contribution in [3.63, 3.8) is 0 Å². The highest BCUT2D eigenvalue weighted by atomic mass is 31.2. The van der Waals surface area contributed by atoms with Crippen LogP contribution >= 0.6 is 7.82 Å². The Bertz CT molecular complexity index is 291. The molecule has 0 bridgehead atoms. The summed E-state index contributed by atoms with van der Waals surface area (Å²) < 4.78 is 31.3. The zero-order valence-corrected chi connectivity index (χ0v) is 11.3. The van der Waals surface area contributed by atoms with Crippen LogP contribution in [0.15, 0.2) is 12.3 Å². The first-order valence-electron chi connectivity index (χ1n) is 5.39. The monoisotopic (exact) mass is 266 g/mol. The van der Waals surface area contributed by atoms with Crippen LogP contribution in [0.1, 0.15) is 27.2 Å². The second kappa shape index (κ2) is 8.28. The first-order valence-corrected chi connectivity index (χ1v) is 6.85. The molecule has 0 aliphatic rings. The lowest BCUT2D eigenvalue weighted by atomic mass is 10.4. The van der Waals surface area contributed by atoms with Gasteiger partial charge >= 0.3 is 13.8 Å². The molecule has 6 nitrogen and oxygen atoms in total. The molecule has 0 N–H and O–H groups in total. The first kappa shape index (κ1) is 16.2. The van der Waals surface area contributed by atoms with Gasteiger partial charge in [0.25, 0.3) is 0 Å². The molecule has 7 heteroatoms. The van der Waals surface area contributed by atoms with E-state index in [0.717, 1.165) is 0 Å². The van der Waals surface area contributed by atoms with Crippen molar-refractivity contribution in [1.82, 2.24) is 0 Å². The number of rotatable bonds is 9. The molecule has 0 aromatic carbocycles. The number of phosphoric acid groups is 1. The Labute approximate surface area is 101 Å². The van der Waals surface area contributed by atoms with Gasteiger partial charge in [0, 0.05) is 0 Å². The van der Waals surface area contributed by atoms with Crippen LogP contribution in [-0.4, -0.2) is 25.8 Å². The maximum Gasteiger partial charge on any atom is 0.529 e. The Kier molecular flexibility index (Phi) is 7.87. The zero-order chi connectivity index (χ0) is 13.3. The van der Waals surface area contributed by atoms with Crippen molar-refractivity contribution in [3.8, 4) is 0 Å². The Morgan fingerprint density at radius 3 is 2.06 bits per heavy atom. The molecular weight excluding hydrogens is 247 g/mol. The van der Waals surface area contributed by atoms with E-state index in [1.54, 1.807) is 20.8 Å². The summed E-state index contributed by atoms with van der Waals surface area (Å²) in [4.78, 5) is 11.1. The number of phosphoric ester groups is 1. The average Bonchev–Trinajstić information content (AvgIpc) is 2.17. The van der Waals surface area contributed by atoms with Crippen molar-refractivity contribution in [3.05, 3.63) is 12.3 Å². The number of hydrogen-bond acceptors (Lipinski definition) is 6. The lowest BCUT2D eigenvalue weighted by Crippen LogP contribution is -2.07. The minimum atomic E-state index is -3.66. The molecule has 100 valence electrons. The van der Waals surface area contributed by atoms with Crippen molar-refractivity contribution in [2.75, 3.05) is 19.8 Å². The van der Waals surface area contributed by atoms with Crippen molar-refractivity contribution < 1.29 is 27.7 Å². The molecule has 0 saturated heterocycles. The lowest BCUT2D eigenvalue weighted by Gasteiger charge is -2.17. The van der Waals surface area contributed by atoms with Crippen molar-refractivity contribution in [2.24, 2.45) is 0 Å². The van der Waals surface area contributed by atoms with E-state index in [-0.39, 0.29) is 32.0 Å². The summed E-state index contributed by atoms with van der Waals surface area (Å²) in [5.74, 6) is -0.509. The summed E-state index contributed by atoms with van der Waals surface area (Å²) in [5, 5.41) is 0. The molecule has 0 saturated carbocycles. The van der Waals surface area contributed by atoms with Gasteiger partial charge in [-0.15, -0.1) is 0 Å². The predicted octanol–water partition coefficient (Wildman–Crippen LogP) is 2.65. The average molecular weight is 266 g/mol. The van der Waals surface area contributed by atoms with Crippen LogP contribution in [0, 0.1) is 0 Å². The summed E-state index contributed by atoms with van der Waals surface area (Å²) >= 11 is 0. The quantitative estimate of drug-likeness (QED) is 0.363.